The van der Waals surface area contributed by atoms with Crippen molar-refractivity contribution in [2.45, 2.75) is 37.8 Å². The van der Waals surface area contributed by atoms with Gasteiger partial charge < -0.3 is 23.9 Å². The van der Waals surface area contributed by atoms with Crippen LogP contribution in [0.15, 0.2) is 46.4 Å². The molecular formula is C24H29ClN2O4Pd. The Hall–Kier alpha value is -2.07. The molecule has 6 nitrogen and oxygen atoms in total. The van der Waals surface area contributed by atoms with Gasteiger partial charge in [-0.25, -0.2) is 0 Å². The molecular weight excluding hydrogens is 522 g/mol. The predicted molar refractivity (Wildman–Crippen MR) is 125 cm³/mol. The molecule has 2 aromatic carbocycles. The number of halogens is 1. The van der Waals surface area contributed by atoms with E-state index in [0.717, 1.165) is 36.8 Å². The number of hydrogen-bond acceptors (Lipinski definition) is 6. The average molecular weight is 551 g/mol. The summed E-state index contributed by atoms with van der Waals surface area (Å²) in [6.45, 7) is 0. The van der Waals surface area contributed by atoms with Gasteiger partial charge in [0.1, 0.15) is 11.5 Å². The second kappa shape index (κ2) is 14.2. The van der Waals surface area contributed by atoms with E-state index in [0.29, 0.717) is 23.0 Å². The Balaban J connectivity index is 0.00000176. The monoisotopic (exact) mass is 550 g/mol. The number of hydrogen-bond donors (Lipinski definition) is 0. The molecule has 0 bridgehead atoms. The maximum atomic E-state index is 5.38. The fourth-order valence-electron chi connectivity index (χ4n) is 3.59. The van der Waals surface area contributed by atoms with Crippen LogP contribution in [-0.4, -0.2) is 53.0 Å². The van der Waals surface area contributed by atoms with Crippen molar-refractivity contribution < 1.29 is 37.1 Å². The Labute approximate surface area is 205 Å². The summed E-state index contributed by atoms with van der Waals surface area (Å²) in [6, 6.07) is 11.7. The molecule has 0 spiro atoms. The molecule has 1 fully saturated rings. The fraction of sp³-hybridized carbons (Fsp3) is 0.417. The molecule has 0 N–H and O–H groups in total. The van der Waals surface area contributed by atoms with Crippen molar-refractivity contribution in [3.8, 4) is 23.0 Å². The van der Waals surface area contributed by atoms with Crippen LogP contribution in [0.1, 0.15) is 36.8 Å². The first-order valence-electron chi connectivity index (χ1n) is 10.2. The van der Waals surface area contributed by atoms with Gasteiger partial charge in [-0.3, -0.25) is 4.99 Å². The molecule has 2 aromatic rings. The standard InChI is InChI=1S/C24H29N2O4.ClH.Pd/c1-27-21-11-9-17(13-23(21)29-3)15-25-19-7-5-6-8-20(19)26-16-18-10-12-22(28-2)24(14-18)30-4;;/h9-15,19-20H,5-8H2,1-4H3;1H;/q-1;;+2/p-1/t19-,20-;;/m1../s1. The Morgan fingerprint density at radius 1 is 0.812 bits per heavy atom. The summed E-state index contributed by atoms with van der Waals surface area (Å²) < 4.78 is 21.3. The number of rotatable bonds is 8. The number of ether oxygens (including phenoxy) is 4. The molecule has 0 heterocycles. The van der Waals surface area contributed by atoms with Gasteiger partial charge in [0, 0.05) is 6.21 Å². The van der Waals surface area contributed by atoms with Crippen LogP contribution in [0.2, 0.25) is 0 Å². The molecule has 2 atom stereocenters. The second-order valence-electron chi connectivity index (χ2n) is 7.12. The van der Waals surface area contributed by atoms with Crippen LogP contribution >= 0.6 is 9.53 Å². The molecule has 8 heteroatoms. The first kappa shape index (κ1) is 26.2. The summed E-state index contributed by atoms with van der Waals surface area (Å²) in [5, 5.41) is 0. The van der Waals surface area contributed by atoms with Gasteiger partial charge in [-0.2, -0.15) is 11.6 Å². The van der Waals surface area contributed by atoms with Crippen molar-refractivity contribution in [3.63, 3.8) is 0 Å². The number of nitrogens with zero attached hydrogens (tertiary/aromatic N) is 2. The molecule has 32 heavy (non-hydrogen) atoms. The van der Waals surface area contributed by atoms with Gasteiger partial charge in [0.05, 0.1) is 40.5 Å². The van der Waals surface area contributed by atoms with Gasteiger partial charge in [-0.15, -0.1) is 6.07 Å². The number of aliphatic imine (C=N–C) groups is 2. The Morgan fingerprint density at radius 3 is 2.00 bits per heavy atom. The van der Waals surface area contributed by atoms with Crippen LogP contribution < -0.4 is 18.9 Å². The Kier molecular flexibility index (Phi) is 11.6. The molecule has 0 unspecified atom stereocenters. The number of benzene rings is 2. The predicted octanol–water partition coefficient (Wildman–Crippen LogP) is 5.13. The van der Waals surface area contributed by atoms with Gasteiger partial charge in [0.15, 0.2) is 11.5 Å². The summed E-state index contributed by atoms with van der Waals surface area (Å²) in [6.07, 6.45) is 9.43. The van der Waals surface area contributed by atoms with Crippen molar-refractivity contribution in [1.82, 2.24) is 0 Å². The van der Waals surface area contributed by atoms with Gasteiger partial charge in [-0.05, 0) is 36.6 Å². The van der Waals surface area contributed by atoms with Crippen molar-refractivity contribution in [3.05, 3.63) is 47.5 Å². The maximum absolute atomic E-state index is 5.38. The van der Waals surface area contributed by atoms with Crippen LogP contribution in [0.3, 0.4) is 0 Å². The van der Waals surface area contributed by atoms with Gasteiger partial charge >= 0.3 is 27.7 Å². The van der Waals surface area contributed by atoms with Crippen LogP contribution in [0.4, 0.5) is 0 Å². The molecule has 0 aliphatic heterocycles. The third kappa shape index (κ3) is 7.23. The second-order valence-corrected chi connectivity index (χ2v) is 7.12. The van der Waals surface area contributed by atoms with E-state index in [1.165, 1.54) is 0 Å². The van der Waals surface area contributed by atoms with E-state index >= 15 is 0 Å². The number of methoxy groups -OCH3 is 4. The van der Waals surface area contributed by atoms with Crippen molar-refractivity contribution in [2.24, 2.45) is 9.98 Å². The average Bonchev–Trinajstić information content (AvgIpc) is 2.87. The topological polar surface area (TPSA) is 61.6 Å². The van der Waals surface area contributed by atoms with Crippen LogP contribution in [-0.2, 0) is 18.2 Å². The molecule has 0 saturated heterocycles. The summed E-state index contributed by atoms with van der Waals surface area (Å²) in [5.41, 5.74) is 1.84. The van der Waals surface area contributed by atoms with Crippen molar-refractivity contribution in [1.29, 1.82) is 0 Å². The van der Waals surface area contributed by atoms with E-state index < -0.39 is 0 Å². The summed E-state index contributed by atoms with van der Waals surface area (Å²) in [5.74, 6) is 2.77. The molecule has 0 aromatic heterocycles. The van der Waals surface area contributed by atoms with Gasteiger partial charge in [0.25, 0.3) is 0 Å². The van der Waals surface area contributed by atoms with Crippen molar-refractivity contribution in [2.75, 3.05) is 28.4 Å². The minimum atomic E-state index is 0.114. The molecule has 3 rings (SSSR count). The first-order chi connectivity index (χ1) is 15.7. The molecule has 0 amide bonds. The van der Waals surface area contributed by atoms with Crippen molar-refractivity contribution >= 4 is 22.0 Å². The zero-order valence-electron chi connectivity index (χ0n) is 18.7. The molecule has 0 radical (unpaired) electrons. The zero-order chi connectivity index (χ0) is 23.3. The summed E-state index contributed by atoms with van der Waals surface area (Å²) >= 11 is 2.22. The quantitative estimate of drug-likeness (QED) is 0.259. The third-order valence-corrected chi connectivity index (χ3v) is 5.26. The Bertz CT molecular complexity index is 834. The van der Waals surface area contributed by atoms with E-state index in [-0.39, 0.29) is 12.1 Å². The van der Waals surface area contributed by atoms with Gasteiger partial charge in [-0.1, -0.05) is 25.1 Å². The fourth-order valence-corrected chi connectivity index (χ4v) is 3.59. The third-order valence-electron chi connectivity index (χ3n) is 5.26. The van der Waals surface area contributed by atoms with Gasteiger partial charge in [0.2, 0.25) is 0 Å². The molecule has 176 valence electrons. The van der Waals surface area contributed by atoms with E-state index in [2.05, 4.69) is 33.9 Å². The Morgan fingerprint density at radius 2 is 1.38 bits per heavy atom. The summed E-state index contributed by atoms with van der Waals surface area (Å²) in [7, 11) is 11.0. The molecule has 1 aliphatic carbocycles. The van der Waals surface area contributed by atoms with Crippen LogP contribution in [0, 0.1) is 0 Å². The molecule has 1 saturated carbocycles. The van der Waals surface area contributed by atoms with E-state index in [4.69, 9.17) is 28.9 Å². The first-order valence-corrected chi connectivity index (χ1v) is 12.2. The minimum absolute atomic E-state index is 0.114. The molecule has 1 aliphatic rings. The SMILES string of the molecule is COc1ccc([C-]=N[C@@H]2CCCC[C@H]2N=Cc2ccc(OC)c(OC)c2)cc1OC.[Cl][Pd+]. The normalized spacial score (nSPS) is 18.2. The van der Waals surface area contributed by atoms with E-state index in [9.17, 15) is 0 Å². The van der Waals surface area contributed by atoms with E-state index in [1.54, 1.807) is 28.4 Å². The van der Waals surface area contributed by atoms with Crippen LogP contribution in [0.25, 0.3) is 0 Å². The van der Waals surface area contributed by atoms with Crippen LogP contribution in [0.5, 0.6) is 23.0 Å². The van der Waals surface area contributed by atoms with E-state index in [1.807, 2.05) is 42.6 Å². The summed E-state index contributed by atoms with van der Waals surface area (Å²) in [4.78, 5) is 9.57. The zero-order valence-corrected chi connectivity index (χ0v) is 21.1.